The van der Waals surface area contributed by atoms with Crippen molar-refractivity contribution >= 4 is 11.0 Å². The zero-order chi connectivity index (χ0) is 13.5. The first-order valence-corrected chi connectivity index (χ1v) is 5.90. The third-order valence-electron chi connectivity index (χ3n) is 2.90. The molecule has 0 fully saturated rings. The maximum Gasteiger partial charge on any atom is 0.173 e. The van der Waals surface area contributed by atoms with Gasteiger partial charge in [0.05, 0.1) is 11.9 Å². The Hall–Kier alpha value is -1.42. The summed E-state index contributed by atoms with van der Waals surface area (Å²) >= 11 is 0. The monoisotopic (exact) mass is 253 g/mol. The van der Waals surface area contributed by atoms with Crippen molar-refractivity contribution in [2.75, 3.05) is 7.05 Å². The molecule has 0 radical (unpaired) electrons. The molecule has 0 amide bonds. The van der Waals surface area contributed by atoms with Gasteiger partial charge in [-0.3, -0.25) is 0 Å². The summed E-state index contributed by atoms with van der Waals surface area (Å²) in [5.74, 6) is -0.384. The van der Waals surface area contributed by atoms with Gasteiger partial charge >= 0.3 is 0 Å². The molecule has 0 bridgehead atoms. The maximum atomic E-state index is 14.0. The molecule has 98 valence electrons. The van der Waals surface area contributed by atoms with Crippen LogP contribution in [0.25, 0.3) is 11.0 Å². The predicted molar refractivity (Wildman–Crippen MR) is 67.6 cm³/mol. The number of halogens is 2. The van der Waals surface area contributed by atoms with Crippen LogP contribution in [-0.2, 0) is 12.0 Å². The van der Waals surface area contributed by atoms with Gasteiger partial charge in [0, 0.05) is 5.56 Å². The van der Waals surface area contributed by atoms with Gasteiger partial charge in [-0.2, -0.15) is 0 Å². The van der Waals surface area contributed by atoms with Crippen LogP contribution >= 0.6 is 0 Å². The summed E-state index contributed by atoms with van der Waals surface area (Å²) in [6.45, 7) is 6.32. The van der Waals surface area contributed by atoms with Crippen molar-refractivity contribution in [2.45, 2.75) is 32.7 Å². The Morgan fingerprint density at radius 3 is 2.33 bits per heavy atom. The largest absolute Gasteiger partial charge is 0.456 e. The standard InChI is InChI=1S/C14H17F2NO/c1-14(2,3)12-10(7-17-4)18-13-9(16)6-5-8(15)11(12)13/h5-6,17H,7H2,1-4H3. The summed E-state index contributed by atoms with van der Waals surface area (Å²) < 4.78 is 33.2. The van der Waals surface area contributed by atoms with Crippen LogP contribution < -0.4 is 5.32 Å². The number of hydrogen-bond donors (Lipinski definition) is 1. The summed E-state index contributed by atoms with van der Waals surface area (Å²) in [5.41, 5.74) is 0.417. The van der Waals surface area contributed by atoms with Gasteiger partial charge in [0.25, 0.3) is 0 Å². The molecule has 1 aromatic heterocycles. The highest BCUT2D eigenvalue weighted by Crippen LogP contribution is 2.37. The van der Waals surface area contributed by atoms with Gasteiger partial charge < -0.3 is 9.73 Å². The van der Waals surface area contributed by atoms with Crippen LogP contribution in [0.1, 0.15) is 32.1 Å². The molecule has 1 aromatic carbocycles. The second-order valence-electron chi connectivity index (χ2n) is 5.41. The first-order chi connectivity index (χ1) is 8.36. The molecule has 0 saturated carbocycles. The molecule has 2 rings (SSSR count). The average Bonchev–Trinajstić information content (AvgIpc) is 2.64. The van der Waals surface area contributed by atoms with Gasteiger partial charge in [0.2, 0.25) is 0 Å². The molecule has 18 heavy (non-hydrogen) atoms. The van der Waals surface area contributed by atoms with Crippen LogP contribution in [-0.4, -0.2) is 7.05 Å². The molecule has 1 heterocycles. The second-order valence-corrected chi connectivity index (χ2v) is 5.41. The van der Waals surface area contributed by atoms with Gasteiger partial charge in [-0.15, -0.1) is 0 Å². The Bertz CT molecular complexity index is 581. The molecule has 0 atom stereocenters. The van der Waals surface area contributed by atoms with E-state index in [1.807, 2.05) is 20.8 Å². The van der Waals surface area contributed by atoms with Crippen molar-refractivity contribution in [1.82, 2.24) is 5.32 Å². The zero-order valence-corrected chi connectivity index (χ0v) is 11.0. The molecule has 2 aromatic rings. The molecule has 0 unspecified atom stereocenters. The molecule has 0 saturated heterocycles. The van der Waals surface area contributed by atoms with Crippen LogP contribution in [0.2, 0.25) is 0 Å². The lowest BCUT2D eigenvalue weighted by molar-refractivity contribution is 0.482. The predicted octanol–water partition coefficient (Wildman–Crippen LogP) is 3.73. The molecule has 0 aliphatic heterocycles. The number of benzene rings is 1. The lowest BCUT2D eigenvalue weighted by atomic mass is 9.84. The smallest absolute Gasteiger partial charge is 0.173 e. The van der Waals surface area contributed by atoms with Gasteiger partial charge in [0.1, 0.15) is 11.6 Å². The molecule has 1 N–H and O–H groups in total. The average molecular weight is 253 g/mol. The highest BCUT2D eigenvalue weighted by molar-refractivity contribution is 5.84. The van der Waals surface area contributed by atoms with Crippen LogP contribution in [0, 0.1) is 11.6 Å². The first-order valence-electron chi connectivity index (χ1n) is 5.90. The Labute approximate surface area is 105 Å². The SMILES string of the molecule is CNCc1oc2c(F)ccc(F)c2c1C(C)(C)C. The fourth-order valence-electron chi connectivity index (χ4n) is 2.26. The summed E-state index contributed by atoms with van der Waals surface area (Å²) in [5, 5.41) is 3.21. The van der Waals surface area contributed by atoms with Gasteiger partial charge in [-0.1, -0.05) is 20.8 Å². The van der Waals surface area contributed by atoms with Crippen molar-refractivity contribution < 1.29 is 13.2 Å². The maximum absolute atomic E-state index is 14.0. The van der Waals surface area contributed by atoms with E-state index in [-0.39, 0.29) is 16.4 Å². The summed E-state index contributed by atoms with van der Waals surface area (Å²) in [6, 6.07) is 2.24. The third kappa shape index (κ3) is 2.01. The van der Waals surface area contributed by atoms with E-state index in [2.05, 4.69) is 5.32 Å². The van der Waals surface area contributed by atoms with E-state index in [1.54, 1.807) is 7.05 Å². The third-order valence-corrected chi connectivity index (χ3v) is 2.90. The van der Waals surface area contributed by atoms with Crippen molar-refractivity contribution in [2.24, 2.45) is 0 Å². The van der Waals surface area contributed by atoms with E-state index in [1.165, 1.54) is 0 Å². The molecule has 0 spiro atoms. The fraction of sp³-hybridized carbons (Fsp3) is 0.429. The van der Waals surface area contributed by atoms with E-state index in [9.17, 15) is 8.78 Å². The summed E-state index contributed by atoms with van der Waals surface area (Å²) in [4.78, 5) is 0. The Morgan fingerprint density at radius 2 is 1.78 bits per heavy atom. The van der Waals surface area contributed by atoms with Crippen LogP contribution in [0.4, 0.5) is 8.78 Å². The lowest BCUT2D eigenvalue weighted by Gasteiger charge is -2.19. The highest BCUT2D eigenvalue weighted by Gasteiger charge is 2.28. The number of nitrogens with one attached hydrogen (secondary N) is 1. The van der Waals surface area contributed by atoms with Crippen LogP contribution in [0.15, 0.2) is 16.5 Å². The molecule has 0 aliphatic rings. The number of furan rings is 1. The van der Waals surface area contributed by atoms with Crippen molar-refractivity contribution in [3.05, 3.63) is 35.1 Å². The quantitative estimate of drug-likeness (QED) is 0.882. The van der Waals surface area contributed by atoms with Crippen molar-refractivity contribution in [3.63, 3.8) is 0 Å². The highest BCUT2D eigenvalue weighted by atomic mass is 19.1. The summed E-state index contributed by atoms with van der Waals surface area (Å²) in [7, 11) is 1.77. The van der Waals surface area contributed by atoms with Crippen molar-refractivity contribution in [3.8, 4) is 0 Å². The van der Waals surface area contributed by atoms with Gasteiger partial charge in [-0.05, 0) is 24.6 Å². The fourth-order valence-corrected chi connectivity index (χ4v) is 2.26. The van der Waals surface area contributed by atoms with Gasteiger partial charge in [0.15, 0.2) is 11.4 Å². The topological polar surface area (TPSA) is 25.2 Å². The number of rotatable bonds is 2. The molecular formula is C14H17F2NO. The Kier molecular flexibility index (Phi) is 3.15. The minimum atomic E-state index is -0.528. The van der Waals surface area contributed by atoms with Crippen LogP contribution in [0.3, 0.4) is 0 Å². The van der Waals surface area contributed by atoms with E-state index in [0.717, 1.165) is 17.7 Å². The van der Waals surface area contributed by atoms with E-state index >= 15 is 0 Å². The normalized spacial score (nSPS) is 12.3. The first kappa shape index (κ1) is 13.0. The van der Waals surface area contributed by atoms with E-state index in [0.29, 0.717) is 12.3 Å². The number of hydrogen-bond acceptors (Lipinski definition) is 2. The zero-order valence-electron chi connectivity index (χ0n) is 11.0. The molecular weight excluding hydrogens is 236 g/mol. The molecule has 2 nitrogen and oxygen atoms in total. The van der Waals surface area contributed by atoms with Gasteiger partial charge in [-0.25, -0.2) is 8.78 Å². The van der Waals surface area contributed by atoms with Crippen molar-refractivity contribution in [1.29, 1.82) is 0 Å². The minimum Gasteiger partial charge on any atom is -0.456 e. The minimum absolute atomic E-state index is 0.00479. The summed E-state index contributed by atoms with van der Waals surface area (Å²) in [6.07, 6.45) is 0. The molecule has 0 aliphatic carbocycles. The van der Waals surface area contributed by atoms with E-state index < -0.39 is 11.6 Å². The van der Waals surface area contributed by atoms with E-state index in [4.69, 9.17) is 4.42 Å². The number of fused-ring (bicyclic) bond motifs is 1. The van der Waals surface area contributed by atoms with Crippen LogP contribution in [0.5, 0.6) is 0 Å². The second kappa shape index (κ2) is 4.35. The Balaban J connectivity index is 2.85. The Morgan fingerprint density at radius 1 is 1.17 bits per heavy atom. The lowest BCUT2D eigenvalue weighted by Crippen LogP contribution is -2.16. The molecule has 4 heteroatoms.